The highest BCUT2D eigenvalue weighted by Crippen LogP contribution is 2.53. The summed E-state index contributed by atoms with van der Waals surface area (Å²) >= 11 is 0. The molecule has 1 aromatic rings. The summed E-state index contributed by atoms with van der Waals surface area (Å²) in [6.45, 7) is 2.94. The summed E-state index contributed by atoms with van der Waals surface area (Å²) in [5.41, 5.74) is 1.93. The van der Waals surface area contributed by atoms with Crippen LogP contribution in [0.15, 0.2) is 18.5 Å². The Bertz CT molecular complexity index is 316. The molecule has 15 heavy (non-hydrogen) atoms. The van der Waals surface area contributed by atoms with Gasteiger partial charge in [0.2, 0.25) is 0 Å². The molecule has 1 spiro atoms. The molecule has 1 saturated heterocycles. The maximum absolute atomic E-state index is 5.78. The Hall–Kier alpha value is -0.800. The molecular formula is C12H18N2O. The molecule has 3 heteroatoms. The summed E-state index contributed by atoms with van der Waals surface area (Å²) in [6, 6.07) is 2.10. The van der Waals surface area contributed by atoms with Gasteiger partial charge in [0.05, 0.1) is 12.7 Å². The average molecular weight is 206 g/mol. The van der Waals surface area contributed by atoms with Crippen molar-refractivity contribution >= 4 is 0 Å². The van der Waals surface area contributed by atoms with Crippen LogP contribution in [-0.4, -0.2) is 24.2 Å². The van der Waals surface area contributed by atoms with Crippen LogP contribution in [0.1, 0.15) is 24.8 Å². The fraction of sp³-hybridized carbons (Fsp3) is 0.667. The Kier molecular flexibility index (Phi) is 2.29. The Morgan fingerprint density at radius 1 is 1.53 bits per heavy atom. The second kappa shape index (κ2) is 3.65. The minimum Gasteiger partial charge on any atom is -0.376 e. The molecule has 1 saturated carbocycles. The third-order valence-corrected chi connectivity index (χ3v) is 3.61. The number of ether oxygens (including phenoxy) is 1. The first-order valence-electron chi connectivity index (χ1n) is 5.80. The number of H-pyrrole nitrogens is 1. The predicted molar refractivity (Wildman–Crippen MR) is 58.5 cm³/mol. The lowest BCUT2D eigenvalue weighted by Crippen LogP contribution is -2.25. The molecule has 1 aliphatic heterocycles. The molecule has 1 atom stereocenters. The molecule has 0 amide bonds. The van der Waals surface area contributed by atoms with Crippen LogP contribution in [0.25, 0.3) is 0 Å². The van der Waals surface area contributed by atoms with E-state index in [2.05, 4.69) is 16.4 Å². The van der Waals surface area contributed by atoms with E-state index in [-0.39, 0.29) is 0 Å². The number of rotatable bonds is 4. The van der Waals surface area contributed by atoms with Crippen LogP contribution in [0, 0.1) is 5.41 Å². The van der Waals surface area contributed by atoms with Gasteiger partial charge in [0.25, 0.3) is 0 Å². The van der Waals surface area contributed by atoms with Gasteiger partial charge in [-0.15, -0.1) is 0 Å². The topological polar surface area (TPSA) is 37.0 Å². The fourth-order valence-corrected chi connectivity index (χ4v) is 2.40. The molecular weight excluding hydrogens is 188 g/mol. The summed E-state index contributed by atoms with van der Waals surface area (Å²) < 4.78 is 5.78. The molecule has 1 unspecified atom stereocenters. The van der Waals surface area contributed by atoms with Gasteiger partial charge in [-0.2, -0.15) is 0 Å². The second-order valence-corrected chi connectivity index (χ2v) is 4.99. The zero-order valence-corrected chi connectivity index (χ0v) is 8.96. The molecule has 2 heterocycles. The number of hydrogen-bond donors (Lipinski definition) is 2. The summed E-state index contributed by atoms with van der Waals surface area (Å²) in [5, 5.41) is 3.45. The summed E-state index contributed by atoms with van der Waals surface area (Å²) in [6.07, 6.45) is 8.49. The molecule has 3 nitrogen and oxygen atoms in total. The van der Waals surface area contributed by atoms with E-state index in [4.69, 9.17) is 4.74 Å². The molecule has 1 aromatic heterocycles. The maximum Gasteiger partial charge on any atom is 0.0706 e. The highest BCUT2D eigenvalue weighted by Gasteiger charge is 2.49. The Morgan fingerprint density at radius 3 is 3.13 bits per heavy atom. The van der Waals surface area contributed by atoms with E-state index in [1.807, 2.05) is 12.4 Å². The van der Waals surface area contributed by atoms with Crippen LogP contribution < -0.4 is 5.32 Å². The van der Waals surface area contributed by atoms with Gasteiger partial charge >= 0.3 is 0 Å². The molecule has 3 rings (SSSR count). The SMILES string of the molecule is c1cc(CNCC2CC3(CC3)CO2)c[nH]1. The predicted octanol–water partition coefficient (Wildman–Crippen LogP) is 1.67. The lowest BCUT2D eigenvalue weighted by Gasteiger charge is -2.10. The van der Waals surface area contributed by atoms with Crippen molar-refractivity contribution in [2.24, 2.45) is 5.41 Å². The first-order chi connectivity index (χ1) is 7.36. The van der Waals surface area contributed by atoms with Crippen LogP contribution in [-0.2, 0) is 11.3 Å². The minimum atomic E-state index is 0.450. The van der Waals surface area contributed by atoms with Gasteiger partial charge in [-0.25, -0.2) is 0 Å². The highest BCUT2D eigenvalue weighted by atomic mass is 16.5. The first kappa shape index (κ1) is 9.43. The number of hydrogen-bond acceptors (Lipinski definition) is 2. The van der Waals surface area contributed by atoms with Gasteiger partial charge in [0, 0.05) is 25.5 Å². The maximum atomic E-state index is 5.78. The van der Waals surface area contributed by atoms with Crippen LogP contribution >= 0.6 is 0 Å². The smallest absolute Gasteiger partial charge is 0.0706 e. The number of aromatic amines is 1. The van der Waals surface area contributed by atoms with E-state index < -0.39 is 0 Å². The second-order valence-electron chi connectivity index (χ2n) is 4.99. The monoisotopic (exact) mass is 206 g/mol. The average Bonchev–Trinajstić information content (AvgIpc) is 2.66. The van der Waals surface area contributed by atoms with Gasteiger partial charge in [0.1, 0.15) is 0 Å². The van der Waals surface area contributed by atoms with Crippen LogP contribution in [0.4, 0.5) is 0 Å². The molecule has 1 aliphatic carbocycles. The van der Waals surface area contributed by atoms with Gasteiger partial charge in [-0.1, -0.05) is 0 Å². The number of nitrogens with one attached hydrogen (secondary N) is 2. The normalized spacial score (nSPS) is 27.3. The highest BCUT2D eigenvalue weighted by molar-refractivity contribution is 5.07. The van der Waals surface area contributed by atoms with Crippen molar-refractivity contribution in [3.05, 3.63) is 24.0 Å². The number of aromatic nitrogens is 1. The lowest BCUT2D eigenvalue weighted by molar-refractivity contribution is 0.104. The quantitative estimate of drug-likeness (QED) is 0.786. The molecule has 2 N–H and O–H groups in total. The molecule has 2 aliphatic rings. The zero-order valence-electron chi connectivity index (χ0n) is 8.96. The summed E-state index contributed by atoms with van der Waals surface area (Å²) in [5.74, 6) is 0. The van der Waals surface area contributed by atoms with E-state index >= 15 is 0 Å². The summed E-state index contributed by atoms with van der Waals surface area (Å²) in [4.78, 5) is 3.06. The Balaban J connectivity index is 1.40. The van der Waals surface area contributed by atoms with Crippen molar-refractivity contribution in [1.82, 2.24) is 10.3 Å². The Morgan fingerprint density at radius 2 is 2.47 bits per heavy atom. The van der Waals surface area contributed by atoms with E-state index in [0.717, 1.165) is 19.7 Å². The van der Waals surface area contributed by atoms with Crippen molar-refractivity contribution < 1.29 is 4.74 Å². The van der Waals surface area contributed by atoms with Crippen LogP contribution in [0.3, 0.4) is 0 Å². The Labute approximate surface area is 90.2 Å². The van der Waals surface area contributed by atoms with Crippen LogP contribution in [0.2, 0.25) is 0 Å². The van der Waals surface area contributed by atoms with E-state index in [1.54, 1.807) is 0 Å². The van der Waals surface area contributed by atoms with Crippen LogP contribution in [0.5, 0.6) is 0 Å². The van der Waals surface area contributed by atoms with Gasteiger partial charge in [-0.05, 0) is 36.3 Å². The molecule has 0 aromatic carbocycles. The minimum absolute atomic E-state index is 0.450. The van der Waals surface area contributed by atoms with Gasteiger partial charge in [-0.3, -0.25) is 0 Å². The van der Waals surface area contributed by atoms with E-state index in [0.29, 0.717) is 11.5 Å². The van der Waals surface area contributed by atoms with Crippen molar-refractivity contribution in [1.29, 1.82) is 0 Å². The largest absolute Gasteiger partial charge is 0.376 e. The lowest BCUT2D eigenvalue weighted by atomic mass is 10.0. The zero-order chi connectivity index (χ0) is 10.1. The summed E-state index contributed by atoms with van der Waals surface area (Å²) in [7, 11) is 0. The molecule has 82 valence electrons. The third kappa shape index (κ3) is 2.08. The standard InChI is InChI=1S/C12H18N2O/c1-4-13-6-10(1)7-14-8-11-5-12(2-3-12)9-15-11/h1,4,6,11,13-14H,2-3,5,7-9H2. The van der Waals surface area contributed by atoms with Crippen molar-refractivity contribution in [3.8, 4) is 0 Å². The molecule has 0 radical (unpaired) electrons. The fourth-order valence-electron chi connectivity index (χ4n) is 2.40. The van der Waals surface area contributed by atoms with E-state index in [9.17, 15) is 0 Å². The third-order valence-electron chi connectivity index (χ3n) is 3.61. The van der Waals surface area contributed by atoms with Crippen molar-refractivity contribution in [2.45, 2.75) is 31.9 Å². The van der Waals surface area contributed by atoms with Gasteiger partial charge in [0.15, 0.2) is 0 Å². The van der Waals surface area contributed by atoms with E-state index in [1.165, 1.54) is 24.8 Å². The van der Waals surface area contributed by atoms with Crippen molar-refractivity contribution in [3.63, 3.8) is 0 Å². The van der Waals surface area contributed by atoms with Gasteiger partial charge < -0.3 is 15.0 Å². The molecule has 2 fully saturated rings. The van der Waals surface area contributed by atoms with Crippen molar-refractivity contribution in [2.75, 3.05) is 13.2 Å². The first-order valence-corrected chi connectivity index (χ1v) is 5.80. The molecule has 0 bridgehead atoms.